The van der Waals surface area contributed by atoms with Gasteiger partial charge in [0, 0.05) is 29.7 Å². The lowest BCUT2D eigenvalue weighted by Crippen LogP contribution is -2.01. The smallest absolute Gasteiger partial charge is 0.0391 e. The van der Waals surface area contributed by atoms with Crippen LogP contribution in [0.25, 0.3) is 0 Å². The van der Waals surface area contributed by atoms with E-state index in [1.807, 2.05) is 12.4 Å². The summed E-state index contributed by atoms with van der Waals surface area (Å²) in [5, 5.41) is 0. The molecule has 0 spiro atoms. The van der Waals surface area contributed by atoms with Gasteiger partial charge in [-0.3, -0.25) is 0 Å². The van der Waals surface area contributed by atoms with Gasteiger partial charge in [0.2, 0.25) is 0 Å². The minimum Gasteiger partial charge on any atom is -0.364 e. The lowest BCUT2D eigenvalue weighted by molar-refractivity contribution is 0.630. The Kier molecular flexibility index (Phi) is 3.28. The summed E-state index contributed by atoms with van der Waals surface area (Å²) < 4.78 is 0. The molecule has 0 bridgehead atoms. The van der Waals surface area contributed by atoms with Crippen LogP contribution in [0.5, 0.6) is 0 Å². The molecular formula is C13H18N2. The SMILES string of the molecule is CCCCC(c1ccc[nH]1)c1ccc[nH]1. The molecule has 0 atom stereocenters. The first-order valence-corrected chi connectivity index (χ1v) is 5.68. The number of hydrogen-bond acceptors (Lipinski definition) is 0. The molecular weight excluding hydrogens is 184 g/mol. The Bertz CT molecular complexity index is 325. The lowest BCUT2D eigenvalue weighted by Gasteiger charge is -2.13. The van der Waals surface area contributed by atoms with E-state index in [0.29, 0.717) is 5.92 Å². The first-order valence-electron chi connectivity index (χ1n) is 5.68. The molecule has 0 unspecified atom stereocenters. The number of H-pyrrole nitrogens is 2. The van der Waals surface area contributed by atoms with Crippen molar-refractivity contribution in [2.24, 2.45) is 0 Å². The Morgan fingerprint density at radius 3 is 2.07 bits per heavy atom. The molecule has 0 fully saturated rings. The molecule has 15 heavy (non-hydrogen) atoms. The number of aromatic amines is 2. The number of rotatable bonds is 5. The van der Waals surface area contributed by atoms with Crippen molar-refractivity contribution in [1.82, 2.24) is 9.97 Å². The normalized spacial score (nSPS) is 11.1. The van der Waals surface area contributed by atoms with E-state index in [1.54, 1.807) is 0 Å². The van der Waals surface area contributed by atoms with Crippen LogP contribution in [-0.4, -0.2) is 9.97 Å². The zero-order chi connectivity index (χ0) is 10.5. The molecule has 2 heteroatoms. The minimum atomic E-state index is 0.495. The van der Waals surface area contributed by atoms with Crippen LogP contribution in [0.3, 0.4) is 0 Å². The predicted octanol–water partition coefficient (Wildman–Crippen LogP) is 3.66. The van der Waals surface area contributed by atoms with Crippen molar-refractivity contribution in [3.05, 3.63) is 48.0 Å². The Morgan fingerprint density at radius 1 is 1.07 bits per heavy atom. The monoisotopic (exact) mass is 202 g/mol. The lowest BCUT2D eigenvalue weighted by atomic mass is 9.95. The minimum absolute atomic E-state index is 0.495. The van der Waals surface area contributed by atoms with Gasteiger partial charge in [-0.1, -0.05) is 19.8 Å². The molecule has 0 aliphatic heterocycles. The molecule has 0 saturated carbocycles. The van der Waals surface area contributed by atoms with Crippen LogP contribution < -0.4 is 0 Å². The van der Waals surface area contributed by atoms with E-state index >= 15 is 0 Å². The van der Waals surface area contributed by atoms with Crippen LogP contribution in [0.1, 0.15) is 43.5 Å². The largest absolute Gasteiger partial charge is 0.364 e. The van der Waals surface area contributed by atoms with Gasteiger partial charge >= 0.3 is 0 Å². The third-order valence-electron chi connectivity index (χ3n) is 2.84. The van der Waals surface area contributed by atoms with Gasteiger partial charge in [-0.05, 0) is 30.7 Å². The fourth-order valence-electron chi connectivity index (χ4n) is 2.01. The molecule has 2 rings (SSSR count). The maximum Gasteiger partial charge on any atom is 0.0391 e. The van der Waals surface area contributed by atoms with Gasteiger partial charge < -0.3 is 9.97 Å². The fraction of sp³-hybridized carbons (Fsp3) is 0.385. The van der Waals surface area contributed by atoms with Crippen LogP contribution >= 0.6 is 0 Å². The van der Waals surface area contributed by atoms with Crippen LogP contribution in [-0.2, 0) is 0 Å². The van der Waals surface area contributed by atoms with Gasteiger partial charge in [0.15, 0.2) is 0 Å². The number of unbranched alkanes of at least 4 members (excludes halogenated alkanes) is 1. The van der Waals surface area contributed by atoms with Gasteiger partial charge in [0.05, 0.1) is 0 Å². The summed E-state index contributed by atoms with van der Waals surface area (Å²) in [6, 6.07) is 8.47. The van der Waals surface area contributed by atoms with Crippen molar-refractivity contribution in [2.75, 3.05) is 0 Å². The van der Waals surface area contributed by atoms with E-state index in [9.17, 15) is 0 Å². The van der Waals surface area contributed by atoms with Crippen LogP contribution in [0, 0.1) is 0 Å². The molecule has 0 saturated heterocycles. The summed E-state index contributed by atoms with van der Waals surface area (Å²) in [5.41, 5.74) is 2.62. The molecule has 80 valence electrons. The van der Waals surface area contributed by atoms with Gasteiger partial charge in [0.1, 0.15) is 0 Å². The van der Waals surface area contributed by atoms with E-state index in [1.165, 1.54) is 30.7 Å². The van der Waals surface area contributed by atoms with E-state index < -0.39 is 0 Å². The summed E-state index contributed by atoms with van der Waals surface area (Å²) >= 11 is 0. The molecule has 0 aromatic carbocycles. The highest BCUT2D eigenvalue weighted by Crippen LogP contribution is 2.27. The topological polar surface area (TPSA) is 31.6 Å². The predicted molar refractivity (Wildman–Crippen MR) is 63.0 cm³/mol. The van der Waals surface area contributed by atoms with Gasteiger partial charge in [-0.15, -0.1) is 0 Å². The maximum atomic E-state index is 3.31. The van der Waals surface area contributed by atoms with Crippen molar-refractivity contribution in [3.63, 3.8) is 0 Å². The zero-order valence-corrected chi connectivity index (χ0v) is 9.16. The van der Waals surface area contributed by atoms with E-state index in [2.05, 4.69) is 41.2 Å². The summed E-state index contributed by atoms with van der Waals surface area (Å²) in [7, 11) is 0. The molecule has 0 aliphatic rings. The highest BCUT2D eigenvalue weighted by molar-refractivity contribution is 5.23. The number of nitrogens with one attached hydrogen (secondary N) is 2. The summed E-state index contributed by atoms with van der Waals surface area (Å²) in [6.45, 7) is 2.24. The second-order valence-corrected chi connectivity index (χ2v) is 3.95. The molecule has 0 amide bonds. The van der Waals surface area contributed by atoms with Gasteiger partial charge in [-0.25, -0.2) is 0 Å². The first-order chi connectivity index (χ1) is 7.42. The Hall–Kier alpha value is -1.44. The molecule has 0 radical (unpaired) electrons. The molecule has 2 heterocycles. The van der Waals surface area contributed by atoms with Crippen molar-refractivity contribution in [3.8, 4) is 0 Å². The maximum absolute atomic E-state index is 3.31. The summed E-state index contributed by atoms with van der Waals surface area (Å²) in [5.74, 6) is 0.495. The summed E-state index contributed by atoms with van der Waals surface area (Å²) in [4.78, 5) is 6.63. The van der Waals surface area contributed by atoms with Crippen molar-refractivity contribution in [2.45, 2.75) is 32.1 Å². The van der Waals surface area contributed by atoms with Crippen LogP contribution in [0.15, 0.2) is 36.7 Å². The molecule has 2 aromatic rings. The van der Waals surface area contributed by atoms with Crippen molar-refractivity contribution < 1.29 is 0 Å². The van der Waals surface area contributed by atoms with E-state index in [0.717, 1.165) is 0 Å². The number of aromatic nitrogens is 2. The van der Waals surface area contributed by atoms with E-state index in [4.69, 9.17) is 0 Å². The first kappa shape index (κ1) is 10.1. The fourth-order valence-corrected chi connectivity index (χ4v) is 2.01. The van der Waals surface area contributed by atoms with Crippen LogP contribution in [0.4, 0.5) is 0 Å². The molecule has 0 aliphatic carbocycles. The third kappa shape index (κ3) is 2.32. The third-order valence-corrected chi connectivity index (χ3v) is 2.84. The average molecular weight is 202 g/mol. The van der Waals surface area contributed by atoms with Gasteiger partial charge in [0.25, 0.3) is 0 Å². The Labute approximate surface area is 90.7 Å². The van der Waals surface area contributed by atoms with Crippen LogP contribution in [0.2, 0.25) is 0 Å². The van der Waals surface area contributed by atoms with E-state index in [-0.39, 0.29) is 0 Å². The second kappa shape index (κ2) is 4.87. The highest BCUT2D eigenvalue weighted by atomic mass is 14.7. The van der Waals surface area contributed by atoms with Crippen molar-refractivity contribution >= 4 is 0 Å². The highest BCUT2D eigenvalue weighted by Gasteiger charge is 2.14. The van der Waals surface area contributed by atoms with Gasteiger partial charge in [-0.2, -0.15) is 0 Å². The second-order valence-electron chi connectivity index (χ2n) is 3.95. The molecule has 2 aromatic heterocycles. The van der Waals surface area contributed by atoms with Crippen molar-refractivity contribution in [1.29, 1.82) is 0 Å². The molecule has 2 nitrogen and oxygen atoms in total. The summed E-state index contributed by atoms with van der Waals surface area (Å²) in [6.07, 6.45) is 7.71. The standard InChI is InChI=1S/C13H18N2/c1-2-3-6-11(12-7-4-9-14-12)13-8-5-10-15-13/h4-5,7-11,14-15H,2-3,6H2,1H3. The number of hydrogen-bond donors (Lipinski definition) is 2. The Balaban J connectivity index is 2.17. The Morgan fingerprint density at radius 2 is 1.67 bits per heavy atom. The molecule has 2 N–H and O–H groups in total. The zero-order valence-electron chi connectivity index (χ0n) is 9.16. The average Bonchev–Trinajstić information content (AvgIpc) is 2.90. The quantitative estimate of drug-likeness (QED) is 0.741.